The molecule has 3 aromatic rings. The maximum absolute atomic E-state index is 12.6. The summed E-state index contributed by atoms with van der Waals surface area (Å²) in [5.74, 6) is 1.07. The summed E-state index contributed by atoms with van der Waals surface area (Å²) in [6, 6.07) is 4.01. The van der Waals surface area contributed by atoms with Crippen molar-refractivity contribution < 1.29 is 9.53 Å². The number of hydrogen-bond donors (Lipinski definition) is 0. The number of imidazole rings is 1. The van der Waals surface area contributed by atoms with E-state index in [1.54, 1.807) is 22.7 Å². The summed E-state index contributed by atoms with van der Waals surface area (Å²) in [7, 11) is 0. The fraction of sp³-hybridized carbons (Fsp3) is 0.333. The van der Waals surface area contributed by atoms with Crippen LogP contribution in [-0.2, 0) is 17.9 Å². The summed E-state index contributed by atoms with van der Waals surface area (Å²) in [4.78, 5) is 19.1. The second kappa shape index (κ2) is 5.79. The molecule has 0 bridgehead atoms. The molecule has 1 amide bonds. The van der Waals surface area contributed by atoms with Crippen LogP contribution in [0.3, 0.4) is 0 Å². The van der Waals surface area contributed by atoms with Crippen LogP contribution in [0, 0.1) is 0 Å². The highest BCUT2D eigenvalue weighted by Crippen LogP contribution is 2.36. The smallest absolute Gasteiger partial charge is 0.254 e. The second-order valence-corrected chi connectivity index (χ2v) is 8.18. The Bertz CT molecular complexity index is 901. The summed E-state index contributed by atoms with van der Waals surface area (Å²) in [6.07, 6.45) is 2.80. The van der Waals surface area contributed by atoms with Crippen molar-refractivity contribution in [2.45, 2.75) is 25.2 Å². The molecule has 3 aromatic heterocycles. The minimum Gasteiger partial charge on any atom is -0.363 e. The van der Waals surface area contributed by atoms with Crippen molar-refractivity contribution in [1.29, 1.82) is 0 Å². The van der Waals surface area contributed by atoms with Gasteiger partial charge < -0.3 is 14.2 Å². The molecule has 0 aromatic carbocycles. The van der Waals surface area contributed by atoms with Crippen molar-refractivity contribution in [3.05, 3.63) is 51.2 Å². The zero-order valence-electron chi connectivity index (χ0n) is 13.6. The van der Waals surface area contributed by atoms with Crippen LogP contribution in [0.25, 0.3) is 11.3 Å². The molecule has 1 spiro atoms. The van der Waals surface area contributed by atoms with Crippen molar-refractivity contribution in [3.63, 3.8) is 0 Å². The Morgan fingerprint density at radius 2 is 2.08 bits per heavy atom. The van der Waals surface area contributed by atoms with E-state index < -0.39 is 0 Å². The average Bonchev–Trinajstić information content (AvgIpc) is 3.41. The van der Waals surface area contributed by atoms with Crippen LogP contribution in [0.4, 0.5) is 0 Å². The van der Waals surface area contributed by atoms with E-state index in [-0.39, 0.29) is 11.5 Å². The van der Waals surface area contributed by atoms with Gasteiger partial charge in [0.2, 0.25) is 0 Å². The normalized spacial score (nSPS) is 22.5. The van der Waals surface area contributed by atoms with Gasteiger partial charge in [-0.2, -0.15) is 22.7 Å². The number of rotatable bonds is 2. The van der Waals surface area contributed by atoms with Gasteiger partial charge in [0, 0.05) is 22.9 Å². The van der Waals surface area contributed by atoms with Crippen molar-refractivity contribution in [1.82, 2.24) is 14.5 Å². The van der Waals surface area contributed by atoms with E-state index in [0.29, 0.717) is 13.2 Å². The monoisotopic (exact) mass is 371 g/mol. The molecule has 2 aliphatic heterocycles. The van der Waals surface area contributed by atoms with Crippen molar-refractivity contribution >= 4 is 28.6 Å². The summed E-state index contributed by atoms with van der Waals surface area (Å²) in [6.45, 7) is 2.64. The fourth-order valence-electron chi connectivity index (χ4n) is 3.73. The Morgan fingerprint density at radius 3 is 2.88 bits per heavy atom. The Kier molecular flexibility index (Phi) is 3.55. The number of fused-ring (bicyclic) bond motifs is 1. The van der Waals surface area contributed by atoms with Gasteiger partial charge in [0.05, 0.1) is 30.5 Å². The number of ether oxygens (including phenoxy) is 1. The molecule has 5 nitrogen and oxygen atoms in total. The van der Waals surface area contributed by atoms with Gasteiger partial charge in [0.25, 0.3) is 5.91 Å². The number of hydrogen-bond acceptors (Lipinski definition) is 5. The van der Waals surface area contributed by atoms with Gasteiger partial charge in [-0.3, -0.25) is 4.79 Å². The minimum absolute atomic E-state index is 0.108. The van der Waals surface area contributed by atoms with Crippen molar-refractivity contribution in [2.75, 3.05) is 13.1 Å². The molecule has 0 aliphatic carbocycles. The van der Waals surface area contributed by atoms with Gasteiger partial charge >= 0.3 is 0 Å². The Balaban J connectivity index is 1.40. The van der Waals surface area contributed by atoms with E-state index in [2.05, 4.69) is 26.4 Å². The first-order valence-electron chi connectivity index (χ1n) is 8.27. The Labute approximate surface area is 153 Å². The van der Waals surface area contributed by atoms with Gasteiger partial charge in [-0.05, 0) is 29.3 Å². The largest absolute Gasteiger partial charge is 0.363 e. The van der Waals surface area contributed by atoms with Crippen molar-refractivity contribution in [3.8, 4) is 11.3 Å². The topological polar surface area (TPSA) is 47.4 Å². The predicted molar refractivity (Wildman–Crippen MR) is 97.9 cm³/mol. The molecular weight excluding hydrogens is 354 g/mol. The molecule has 5 rings (SSSR count). The van der Waals surface area contributed by atoms with Crippen LogP contribution in [0.1, 0.15) is 22.6 Å². The molecule has 25 heavy (non-hydrogen) atoms. The molecule has 1 unspecified atom stereocenters. The number of likely N-dealkylation sites (tertiary alicyclic amines) is 1. The van der Waals surface area contributed by atoms with E-state index in [1.807, 2.05) is 27.9 Å². The first-order chi connectivity index (χ1) is 12.2. The molecule has 0 saturated carbocycles. The highest BCUT2D eigenvalue weighted by Gasteiger charge is 2.44. The highest BCUT2D eigenvalue weighted by molar-refractivity contribution is 7.08. The lowest BCUT2D eigenvalue weighted by Crippen LogP contribution is -2.45. The van der Waals surface area contributed by atoms with Gasteiger partial charge in [0.15, 0.2) is 0 Å². The number of amides is 1. The third-order valence-electron chi connectivity index (χ3n) is 5.08. The molecule has 2 aliphatic rings. The lowest BCUT2D eigenvalue weighted by atomic mass is 10.0. The molecule has 1 saturated heterocycles. The molecule has 1 fully saturated rings. The summed E-state index contributed by atoms with van der Waals surface area (Å²) >= 11 is 3.25. The quantitative estimate of drug-likeness (QED) is 0.693. The van der Waals surface area contributed by atoms with Gasteiger partial charge in [0.1, 0.15) is 18.0 Å². The first kappa shape index (κ1) is 15.3. The molecule has 0 radical (unpaired) electrons. The summed E-state index contributed by atoms with van der Waals surface area (Å²) in [5.41, 5.74) is 2.82. The molecule has 128 valence electrons. The second-order valence-electron chi connectivity index (χ2n) is 6.62. The van der Waals surface area contributed by atoms with E-state index in [4.69, 9.17) is 4.74 Å². The first-order valence-corrected chi connectivity index (χ1v) is 10.2. The molecule has 0 N–H and O–H groups in total. The van der Waals surface area contributed by atoms with Crippen molar-refractivity contribution in [2.24, 2.45) is 0 Å². The number of carbonyl (C=O) groups excluding carboxylic acids is 1. The third-order valence-corrected chi connectivity index (χ3v) is 6.45. The van der Waals surface area contributed by atoms with E-state index in [9.17, 15) is 4.79 Å². The van der Waals surface area contributed by atoms with E-state index in [0.717, 1.165) is 36.6 Å². The van der Waals surface area contributed by atoms with Gasteiger partial charge in [-0.25, -0.2) is 4.98 Å². The summed E-state index contributed by atoms with van der Waals surface area (Å²) < 4.78 is 8.48. The fourth-order valence-corrected chi connectivity index (χ4v) is 5.01. The number of aromatic nitrogens is 2. The van der Waals surface area contributed by atoms with Crippen LogP contribution < -0.4 is 0 Å². The van der Waals surface area contributed by atoms with Crippen LogP contribution in [0.15, 0.2) is 39.8 Å². The van der Waals surface area contributed by atoms with Crippen LogP contribution >= 0.6 is 22.7 Å². The van der Waals surface area contributed by atoms with E-state index in [1.165, 1.54) is 5.56 Å². The zero-order chi connectivity index (χ0) is 16.9. The summed E-state index contributed by atoms with van der Waals surface area (Å²) in [5, 5.41) is 8.09. The standard InChI is InChI=1S/C18H17N3O2S2/c22-17(14-2-6-25-10-14)20-4-3-18(11-20)12-21-15(13-1-5-24-9-13)7-19-16(21)8-23-18/h1-2,5-7,9-10H,3-4,8,11-12H2. The molecular formula is C18H17N3O2S2. The lowest BCUT2D eigenvalue weighted by molar-refractivity contribution is -0.0804. The van der Waals surface area contributed by atoms with Crippen LogP contribution in [-0.4, -0.2) is 39.0 Å². The van der Waals surface area contributed by atoms with Crippen LogP contribution in [0.5, 0.6) is 0 Å². The zero-order valence-corrected chi connectivity index (χ0v) is 15.2. The minimum atomic E-state index is -0.301. The Hall–Kier alpha value is -1.96. The molecule has 7 heteroatoms. The third kappa shape index (κ3) is 2.54. The van der Waals surface area contributed by atoms with E-state index >= 15 is 0 Å². The number of nitrogens with zero attached hydrogens (tertiary/aromatic N) is 3. The molecule has 1 atom stereocenters. The maximum Gasteiger partial charge on any atom is 0.254 e. The molecule has 5 heterocycles. The van der Waals surface area contributed by atoms with Crippen LogP contribution in [0.2, 0.25) is 0 Å². The number of thiophene rings is 2. The highest BCUT2D eigenvalue weighted by atomic mass is 32.1. The SMILES string of the molecule is O=C(c1ccsc1)N1CCC2(C1)Cn1c(-c3ccsc3)cnc1CO2. The van der Waals surface area contributed by atoms with Gasteiger partial charge in [-0.1, -0.05) is 0 Å². The lowest BCUT2D eigenvalue weighted by Gasteiger charge is -2.35. The van der Waals surface area contributed by atoms with Gasteiger partial charge in [-0.15, -0.1) is 0 Å². The average molecular weight is 371 g/mol. The predicted octanol–water partition coefficient (Wildman–Crippen LogP) is 3.49. The maximum atomic E-state index is 12.6. The Morgan fingerprint density at radius 1 is 1.20 bits per heavy atom. The number of carbonyl (C=O) groups is 1.